The SMILES string of the molecule is O=C(Nc1ccccc1C(F)(F)F)N1CCC(c2nc3ccccc3[nH]2)CC1. The van der Waals surface area contributed by atoms with Gasteiger partial charge < -0.3 is 15.2 Å². The van der Waals surface area contributed by atoms with Crippen LogP contribution in [0.25, 0.3) is 11.0 Å². The molecular weight excluding hydrogens is 369 g/mol. The number of carbonyl (C=O) groups excluding carboxylic acids is 1. The summed E-state index contributed by atoms with van der Waals surface area (Å²) < 4.78 is 39.3. The molecule has 1 fully saturated rings. The Hall–Kier alpha value is -3.03. The number of likely N-dealkylation sites (tertiary alicyclic amines) is 1. The van der Waals surface area contributed by atoms with Gasteiger partial charge in [0.05, 0.1) is 22.3 Å². The summed E-state index contributed by atoms with van der Waals surface area (Å²) in [7, 11) is 0. The van der Waals surface area contributed by atoms with Crippen LogP contribution in [0, 0.1) is 0 Å². The normalized spacial score (nSPS) is 15.8. The first-order valence-electron chi connectivity index (χ1n) is 9.08. The van der Waals surface area contributed by atoms with E-state index in [1.165, 1.54) is 18.2 Å². The maximum absolute atomic E-state index is 13.1. The third kappa shape index (κ3) is 3.67. The Labute approximate surface area is 159 Å². The van der Waals surface area contributed by atoms with E-state index in [1.807, 2.05) is 24.3 Å². The highest BCUT2D eigenvalue weighted by Crippen LogP contribution is 2.35. The maximum atomic E-state index is 13.1. The highest BCUT2D eigenvalue weighted by atomic mass is 19.4. The molecule has 8 heteroatoms. The van der Waals surface area contributed by atoms with Crippen LogP contribution in [0.5, 0.6) is 0 Å². The summed E-state index contributed by atoms with van der Waals surface area (Å²) in [4.78, 5) is 21.9. The van der Waals surface area contributed by atoms with E-state index in [0.29, 0.717) is 25.9 Å². The van der Waals surface area contributed by atoms with E-state index in [4.69, 9.17) is 0 Å². The molecule has 0 saturated carbocycles. The number of piperidine rings is 1. The topological polar surface area (TPSA) is 61.0 Å². The van der Waals surface area contributed by atoms with Crippen LogP contribution in [0.4, 0.5) is 23.7 Å². The van der Waals surface area contributed by atoms with Crippen LogP contribution in [-0.4, -0.2) is 34.0 Å². The Balaban J connectivity index is 1.41. The number of nitrogens with one attached hydrogen (secondary N) is 2. The molecule has 0 unspecified atom stereocenters. The van der Waals surface area contributed by atoms with Gasteiger partial charge in [0.1, 0.15) is 5.82 Å². The number of urea groups is 1. The number of benzene rings is 2. The number of aromatic amines is 1. The van der Waals surface area contributed by atoms with Gasteiger partial charge in [0.25, 0.3) is 0 Å². The summed E-state index contributed by atoms with van der Waals surface area (Å²) in [6, 6.07) is 12.3. The second-order valence-corrected chi connectivity index (χ2v) is 6.87. The van der Waals surface area contributed by atoms with E-state index in [0.717, 1.165) is 22.9 Å². The minimum atomic E-state index is -4.52. The fraction of sp³-hybridized carbons (Fsp3) is 0.300. The lowest BCUT2D eigenvalue weighted by atomic mass is 9.96. The van der Waals surface area contributed by atoms with Crippen LogP contribution in [0.15, 0.2) is 48.5 Å². The van der Waals surface area contributed by atoms with E-state index in [9.17, 15) is 18.0 Å². The van der Waals surface area contributed by atoms with Gasteiger partial charge in [0, 0.05) is 19.0 Å². The molecule has 2 heterocycles. The lowest BCUT2D eigenvalue weighted by Crippen LogP contribution is -2.41. The Morgan fingerprint density at radius 1 is 1.07 bits per heavy atom. The number of imidazole rings is 1. The standard InChI is InChI=1S/C20H19F3N4O/c21-20(22,23)14-5-1-2-6-15(14)26-19(28)27-11-9-13(10-12-27)18-24-16-7-3-4-8-17(16)25-18/h1-8,13H,9-12H2,(H,24,25)(H,26,28). The molecule has 3 aromatic rings. The molecule has 0 atom stereocenters. The summed E-state index contributed by atoms with van der Waals surface area (Å²) in [6.07, 6.45) is -3.11. The Bertz CT molecular complexity index is 957. The van der Waals surface area contributed by atoms with Gasteiger partial charge in [0.15, 0.2) is 0 Å². The molecule has 0 aliphatic carbocycles. The predicted molar refractivity (Wildman–Crippen MR) is 100 cm³/mol. The third-order valence-electron chi connectivity index (χ3n) is 5.05. The highest BCUT2D eigenvalue weighted by molar-refractivity contribution is 5.90. The van der Waals surface area contributed by atoms with Crippen molar-refractivity contribution in [3.8, 4) is 0 Å². The number of H-pyrrole nitrogens is 1. The van der Waals surface area contributed by atoms with Crippen molar-refractivity contribution in [3.05, 3.63) is 59.9 Å². The summed E-state index contributed by atoms with van der Waals surface area (Å²) >= 11 is 0. The second kappa shape index (κ2) is 7.18. The van der Waals surface area contributed by atoms with E-state index in [1.54, 1.807) is 4.90 Å². The fourth-order valence-electron chi connectivity index (χ4n) is 3.56. The van der Waals surface area contributed by atoms with Crippen LogP contribution in [-0.2, 0) is 6.18 Å². The van der Waals surface area contributed by atoms with Gasteiger partial charge in [-0.15, -0.1) is 0 Å². The van der Waals surface area contributed by atoms with Crippen LogP contribution in [0.3, 0.4) is 0 Å². The minimum Gasteiger partial charge on any atom is -0.342 e. The van der Waals surface area contributed by atoms with Gasteiger partial charge in [0.2, 0.25) is 0 Å². The maximum Gasteiger partial charge on any atom is 0.418 e. The molecule has 2 amide bonds. The van der Waals surface area contributed by atoms with E-state index < -0.39 is 17.8 Å². The number of hydrogen-bond acceptors (Lipinski definition) is 2. The predicted octanol–water partition coefficient (Wildman–Crippen LogP) is 4.99. The zero-order chi connectivity index (χ0) is 19.7. The lowest BCUT2D eigenvalue weighted by molar-refractivity contribution is -0.136. The van der Waals surface area contributed by atoms with E-state index >= 15 is 0 Å². The first-order chi connectivity index (χ1) is 13.4. The van der Waals surface area contributed by atoms with Crippen molar-refractivity contribution >= 4 is 22.8 Å². The van der Waals surface area contributed by atoms with Gasteiger partial charge in [-0.05, 0) is 37.1 Å². The first-order valence-corrected chi connectivity index (χ1v) is 9.08. The molecule has 1 aromatic heterocycles. The average Bonchev–Trinajstić information content (AvgIpc) is 3.12. The highest BCUT2D eigenvalue weighted by Gasteiger charge is 2.34. The Morgan fingerprint density at radius 2 is 1.75 bits per heavy atom. The van der Waals surface area contributed by atoms with Crippen molar-refractivity contribution in [1.29, 1.82) is 0 Å². The lowest BCUT2D eigenvalue weighted by Gasteiger charge is -2.31. The molecular formula is C20H19F3N4O. The number of fused-ring (bicyclic) bond motifs is 1. The van der Waals surface area contributed by atoms with Crippen molar-refractivity contribution in [3.63, 3.8) is 0 Å². The number of carbonyl (C=O) groups is 1. The molecule has 0 radical (unpaired) electrons. The number of hydrogen-bond donors (Lipinski definition) is 2. The van der Waals surface area contributed by atoms with Gasteiger partial charge in [-0.3, -0.25) is 0 Å². The Kier molecular flexibility index (Phi) is 4.70. The Morgan fingerprint density at radius 3 is 2.46 bits per heavy atom. The van der Waals surface area contributed by atoms with Crippen molar-refractivity contribution in [2.24, 2.45) is 0 Å². The summed E-state index contributed by atoms with van der Waals surface area (Å²) in [5, 5.41) is 2.41. The zero-order valence-electron chi connectivity index (χ0n) is 15.0. The van der Waals surface area contributed by atoms with Crippen molar-refractivity contribution in [2.75, 3.05) is 18.4 Å². The smallest absolute Gasteiger partial charge is 0.342 e. The average molecular weight is 388 g/mol. The number of nitrogens with zero attached hydrogens (tertiary/aromatic N) is 2. The largest absolute Gasteiger partial charge is 0.418 e. The molecule has 28 heavy (non-hydrogen) atoms. The number of rotatable bonds is 2. The van der Waals surface area contributed by atoms with E-state index in [-0.39, 0.29) is 11.6 Å². The molecule has 0 bridgehead atoms. The molecule has 0 spiro atoms. The number of amides is 2. The number of halogens is 3. The molecule has 1 aliphatic rings. The van der Waals surface area contributed by atoms with Crippen LogP contribution in [0.2, 0.25) is 0 Å². The van der Waals surface area contributed by atoms with Gasteiger partial charge in [-0.1, -0.05) is 24.3 Å². The minimum absolute atomic E-state index is 0.193. The molecule has 5 nitrogen and oxygen atoms in total. The second-order valence-electron chi connectivity index (χ2n) is 6.87. The number of anilines is 1. The van der Waals surface area contributed by atoms with Gasteiger partial charge in [-0.25, -0.2) is 9.78 Å². The number of alkyl halides is 3. The quantitative estimate of drug-likeness (QED) is 0.650. The fourth-order valence-corrected chi connectivity index (χ4v) is 3.56. The number of para-hydroxylation sites is 3. The monoisotopic (exact) mass is 388 g/mol. The molecule has 1 aliphatic heterocycles. The van der Waals surface area contributed by atoms with Crippen LogP contribution < -0.4 is 5.32 Å². The molecule has 146 valence electrons. The van der Waals surface area contributed by atoms with Crippen LogP contribution in [0.1, 0.15) is 30.1 Å². The first kappa shape index (κ1) is 18.3. The summed E-state index contributed by atoms with van der Waals surface area (Å²) in [5.74, 6) is 1.09. The summed E-state index contributed by atoms with van der Waals surface area (Å²) in [5.41, 5.74) is 0.808. The molecule has 2 aromatic carbocycles. The van der Waals surface area contributed by atoms with E-state index in [2.05, 4.69) is 15.3 Å². The molecule has 1 saturated heterocycles. The van der Waals surface area contributed by atoms with Crippen molar-refractivity contribution in [2.45, 2.75) is 24.9 Å². The van der Waals surface area contributed by atoms with Crippen molar-refractivity contribution in [1.82, 2.24) is 14.9 Å². The van der Waals surface area contributed by atoms with Crippen molar-refractivity contribution < 1.29 is 18.0 Å². The third-order valence-corrected chi connectivity index (χ3v) is 5.05. The van der Waals surface area contributed by atoms with Crippen LogP contribution >= 0.6 is 0 Å². The zero-order valence-corrected chi connectivity index (χ0v) is 15.0. The summed E-state index contributed by atoms with van der Waals surface area (Å²) in [6.45, 7) is 0.920. The van der Waals surface area contributed by atoms with Gasteiger partial charge in [-0.2, -0.15) is 13.2 Å². The molecule has 2 N–H and O–H groups in total. The number of aromatic nitrogens is 2. The molecule has 4 rings (SSSR count). The van der Waals surface area contributed by atoms with Gasteiger partial charge >= 0.3 is 12.2 Å².